The third kappa shape index (κ3) is 4.08. The second kappa shape index (κ2) is 7.37. The highest BCUT2D eigenvalue weighted by molar-refractivity contribution is 7.89. The molecule has 1 aromatic carbocycles. The molecule has 0 aliphatic carbocycles. The molecule has 2 aromatic rings. The molecule has 1 aliphatic rings. The number of sulfonamides is 1. The Morgan fingerprint density at radius 3 is 2.40 bits per heavy atom. The minimum atomic E-state index is -3.49. The van der Waals surface area contributed by atoms with Gasteiger partial charge in [-0.25, -0.2) is 13.4 Å². The van der Waals surface area contributed by atoms with Gasteiger partial charge in [0.15, 0.2) is 0 Å². The Hall–Kier alpha value is -2.19. The third-order valence-corrected chi connectivity index (χ3v) is 6.05. The number of hydrogen-bond donors (Lipinski definition) is 0. The van der Waals surface area contributed by atoms with Gasteiger partial charge >= 0.3 is 0 Å². The van der Waals surface area contributed by atoms with Gasteiger partial charge in [-0.05, 0) is 44.0 Å². The van der Waals surface area contributed by atoms with Crippen LogP contribution in [0.5, 0.6) is 11.6 Å². The first-order valence-electron chi connectivity index (χ1n) is 8.09. The lowest BCUT2D eigenvalue weighted by atomic mass is 10.1. The van der Waals surface area contributed by atoms with Gasteiger partial charge in [0.25, 0.3) is 0 Å². The number of aromatic nitrogens is 2. The standard InChI is InChI=1S/C17H21N3O4S/c1-13-18-10-7-17(19-13)24-15-8-11-20(12-9-15)25(21,22)16-5-3-14(23-2)4-6-16/h3-7,10,15H,8-9,11-12H2,1-2H3. The van der Waals surface area contributed by atoms with E-state index >= 15 is 0 Å². The number of methoxy groups -OCH3 is 1. The van der Waals surface area contributed by atoms with Gasteiger partial charge in [-0.1, -0.05) is 0 Å². The number of hydrogen-bond acceptors (Lipinski definition) is 6. The molecule has 8 heteroatoms. The van der Waals surface area contributed by atoms with Crippen LogP contribution >= 0.6 is 0 Å². The van der Waals surface area contributed by atoms with E-state index in [1.807, 2.05) is 0 Å². The molecule has 0 spiro atoms. The zero-order valence-electron chi connectivity index (χ0n) is 14.3. The first kappa shape index (κ1) is 17.6. The van der Waals surface area contributed by atoms with E-state index < -0.39 is 10.0 Å². The summed E-state index contributed by atoms with van der Waals surface area (Å²) in [5, 5.41) is 0. The summed E-state index contributed by atoms with van der Waals surface area (Å²) in [6.45, 7) is 2.64. The van der Waals surface area contributed by atoms with E-state index in [4.69, 9.17) is 9.47 Å². The topological polar surface area (TPSA) is 81.6 Å². The lowest BCUT2D eigenvalue weighted by molar-refractivity contribution is 0.129. The summed E-state index contributed by atoms with van der Waals surface area (Å²) in [5.74, 6) is 1.81. The molecule has 1 aliphatic heterocycles. The van der Waals surface area contributed by atoms with Crippen LogP contribution in [0.3, 0.4) is 0 Å². The highest BCUT2D eigenvalue weighted by Gasteiger charge is 2.30. The van der Waals surface area contributed by atoms with Crippen molar-refractivity contribution in [3.63, 3.8) is 0 Å². The first-order chi connectivity index (χ1) is 12.0. The van der Waals surface area contributed by atoms with E-state index in [0.717, 1.165) is 0 Å². The van der Waals surface area contributed by atoms with Crippen LogP contribution in [-0.2, 0) is 10.0 Å². The van der Waals surface area contributed by atoms with Crippen LogP contribution < -0.4 is 9.47 Å². The molecule has 0 amide bonds. The highest BCUT2D eigenvalue weighted by Crippen LogP contribution is 2.24. The molecule has 134 valence electrons. The molecule has 1 aromatic heterocycles. The van der Waals surface area contributed by atoms with Gasteiger partial charge in [0, 0.05) is 25.4 Å². The number of nitrogens with zero attached hydrogens (tertiary/aromatic N) is 3. The zero-order chi connectivity index (χ0) is 17.9. The number of piperidine rings is 1. The van der Waals surface area contributed by atoms with Crippen molar-refractivity contribution >= 4 is 10.0 Å². The van der Waals surface area contributed by atoms with Gasteiger partial charge in [0.05, 0.1) is 12.0 Å². The summed E-state index contributed by atoms with van der Waals surface area (Å²) >= 11 is 0. The van der Waals surface area contributed by atoms with Crippen LogP contribution in [-0.4, -0.2) is 49.0 Å². The normalized spacial score (nSPS) is 16.6. The van der Waals surface area contributed by atoms with Gasteiger partial charge in [-0.15, -0.1) is 0 Å². The number of benzene rings is 1. The minimum Gasteiger partial charge on any atom is -0.497 e. The molecular weight excluding hydrogens is 342 g/mol. The fraction of sp³-hybridized carbons (Fsp3) is 0.412. The van der Waals surface area contributed by atoms with Crippen molar-refractivity contribution in [1.29, 1.82) is 0 Å². The summed E-state index contributed by atoms with van der Waals surface area (Å²) in [6, 6.07) is 8.16. The molecule has 0 unspecified atom stereocenters. The lowest BCUT2D eigenvalue weighted by Gasteiger charge is -2.31. The number of aryl methyl sites for hydroxylation is 1. The summed E-state index contributed by atoms with van der Waals surface area (Å²) in [5.41, 5.74) is 0. The van der Waals surface area contributed by atoms with E-state index in [9.17, 15) is 8.42 Å². The Morgan fingerprint density at radius 1 is 1.12 bits per heavy atom. The summed E-state index contributed by atoms with van der Waals surface area (Å²) < 4.78 is 37.9. The van der Waals surface area contributed by atoms with E-state index in [0.29, 0.717) is 43.4 Å². The van der Waals surface area contributed by atoms with Crippen LogP contribution in [0.15, 0.2) is 41.4 Å². The first-order valence-corrected chi connectivity index (χ1v) is 9.53. The molecule has 0 saturated carbocycles. The van der Waals surface area contributed by atoms with E-state index in [1.165, 1.54) is 4.31 Å². The van der Waals surface area contributed by atoms with Crippen molar-refractivity contribution in [3.8, 4) is 11.6 Å². The van der Waals surface area contributed by atoms with Crippen molar-refractivity contribution in [2.45, 2.75) is 30.8 Å². The van der Waals surface area contributed by atoms with Gasteiger partial charge in [-0.2, -0.15) is 9.29 Å². The summed E-state index contributed by atoms with van der Waals surface area (Å²) in [6.07, 6.45) is 2.86. The van der Waals surface area contributed by atoms with Crippen molar-refractivity contribution in [2.24, 2.45) is 0 Å². The molecule has 1 saturated heterocycles. The third-order valence-electron chi connectivity index (χ3n) is 4.14. The van der Waals surface area contributed by atoms with Crippen molar-refractivity contribution < 1.29 is 17.9 Å². The smallest absolute Gasteiger partial charge is 0.243 e. The van der Waals surface area contributed by atoms with Crippen LogP contribution in [0.25, 0.3) is 0 Å². The largest absolute Gasteiger partial charge is 0.497 e. The summed E-state index contributed by atoms with van der Waals surface area (Å²) in [4.78, 5) is 8.53. The Kier molecular flexibility index (Phi) is 5.19. The average molecular weight is 363 g/mol. The van der Waals surface area contributed by atoms with Crippen LogP contribution in [0, 0.1) is 6.92 Å². The van der Waals surface area contributed by atoms with Crippen LogP contribution in [0.4, 0.5) is 0 Å². The number of rotatable bonds is 5. The quantitative estimate of drug-likeness (QED) is 0.808. The Bertz CT molecular complexity index is 816. The SMILES string of the molecule is COc1ccc(S(=O)(=O)N2CCC(Oc3ccnc(C)n3)CC2)cc1. The van der Waals surface area contributed by atoms with E-state index in [1.54, 1.807) is 50.6 Å². The lowest BCUT2D eigenvalue weighted by Crippen LogP contribution is -2.41. The van der Waals surface area contributed by atoms with Crippen molar-refractivity contribution in [2.75, 3.05) is 20.2 Å². The van der Waals surface area contributed by atoms with Gasteiger partial charge in [0.1, 0.15) is 17.7 Å². The molecule has 0 atom stereocenters. The minimum absolute atomic E-state index is 0.0448. The predicted molar refractivity (Wildman–Crippen MR) is 92.2 cm³/mol. The van der Waals surface area contributed by atoms with E-state index in [-0.39, 0.29) is 11.0 Å². The Balaban J connectivity index is 1.62. The second-order valence-electron chi connectivity index (χ2n) is 5.84. The van der Waals surface area contributed by atoms with Gasteiger partial charge in [-0.3, -0.25) is 0 Å². The molecule has 0 radical (unpaired) electrons. The van der Waals surface area contributed by atoms with Crippen LogP contribution in [0.1, 0.15) is 18.7 Å². The Morgan fingerprint density at radius 2 is 1.80 bits per heavy atom. The predicted octanol–water partition coefficient (Wildman–Crippen LogP) is 2.03. The molecule has 1 fully saturated rings. The van der Waals surface area contributed by atoms with Crippen molar-refractivity contribution in [1.82, 2.24) is 14.3 Å². The summed E-state index contributed by atoms with van der Waals surface area (Å²) in [7, 11) is -1.94. The maximum absolute atomic E-state index is 12.7. The molecular formula is C17H21N3O4S. The monoisotopic (exact) mass is 363 g/mol. The number of ether oxygens (including phenoxy) is 2. The van der Waals surface area contributed by atoms with Gasteiger partial charge < -0.3 is 9.47 Å². The maximum Gasteiger partial charge on any atom is 0.243 e. The second-order valence-corrected chi connectivity index (χ2v) is 7.78. The molecule has 0 bridgehead atoms. The average Bonchev–Trinajstić information content (AvgIpc) is 2.62. The molecule has 7 nitrogen and oxygen atoms in total. The molecule has 25 heavy (non-hydrogen) atoms. The van der Waals surface area contributed by atoms with Gasteiger partial charge in [0.2, 0.25) is 15.9 Å². The zero-order valence-corrected chi connectivity index (χ0v) is 15.1. The Labute approximate surface area is 147 Å². The molecule has 3 rings (SSSR count). The fourth-order valence-electron chi connectivity index (χ4n) is 2.76. The highest BCUT2D eigenvalue weighted by atomic mass is 32.2. The molecule has 0 N–H and O–H groups in total. The van der Waals surface area contributed by atoms with E-state index in [2.05, 4.69) is 9.97 Å². The van der Waals surface area contributed by atoms with Crippen LogP contribution in [0.2, 0.25) is 0 Å². The maximum atomic E-state index is 12.7. The fourth-order valence-corrected chi connectivity index (χ4v) is 4.23. The van der Waals surface area contributed by atoms with Crippen molar-refractivity contribution in [3.05, 3.63) is 42.4 Å². The molecule has 2 heterocycles.